The van der Waals surface area contributed by atoms with Crippen molar-refractivity contribution in [2.75, 3.05) is 18.1 Å². The first-order valence-electron chi connectivity index (χ1n) is 9.26. The molecule has 2 aromatic carbocycles. The molecule has 2 amide bonds. The van der Waals surface area contributed by atoms with Gasteiger partial charge in [-0.05, 0) is 24.1 Å². The van der Waals surface area contributed by atoms with Gasteiger partial charge in [0.1, 0.15) is 0 Å². The summed E-state index contributed by atoms with van der Waals surface area (Å²) < 4.78 is 0. The van der Waals surface area contributed by atoms with E-state index in [2.05, 4.69) is 10.6 Å². The van der Waals surface area contributed by atoms with E-state index in [1.165, 1.54) is 0 Å². The number of benzene rings is 2. The van der Waals surface area contributed by atoms with Crippen LogP contribution >= 0.6 is 0 Å². The Morgan fingerprint density at radius 2 is 1.64 bits per heavy atom. The van der Waals surface area contributed by atoms with Gasteiger partial charge in [-0.15, -0.1) is 0 Å². The van der Waals surface area contributed by atoms with Gasteiger partial charge in [0.25, 0.3) is 0 Å². The first kappa shape index (κ1) is 21.2. The summed E-state index contributed by atoms with van der Waals surface area (Å²) in [7, 11) is 0. The molecule has 28 heavy (non-hydrogen) atoms. The number of anilines is 1. The molecular formula is C22H28N4O2. The highest BCUT2D eigenvalue weighted by Crippen LogP contribution is 2.28. The fraction of sp³-hybridized carbons (Fsp3) is 0.273. The molecule has 148 valence electrons. The van der Waals surface area contributed by atoms with Crippen LogP contribution in [0.15, 0.2) is 66.7 Å². The molecule has 0 fully saturated rings. The van der Waals surface area contributed by atoms with Crippen molar-refractivity contribution in [2.24, 2.45) is 11.3 Å². The van der Waals surface area contributed by atoms with E-state index in [4.69, 9.17) is 5.84 Å². The summed E-state index contributed by atoms with van der Waals surface area (Å²) in [5, 5.41) is 7.01. The predicted octanol–water partition coefficient (Wildman–Crippen LogP) is 2.69. The minimum atomic E-state index is -0.626. The van der Waals surface area contributed by atoms with Crippen LogP contribution in [0.25, 0.3) is 5.70 Å². The SMILES string of the molecule is CC(C)(C/C=C(/c1ccccc1)N(N)c1ccccc1)C(=O)NCCNC=O. The van der Waals surface area contributed by atoms with Crippen molar-refractivity contribution in [3.05, 3.63) is 72.3 Å². The zero-order chi connectivity index (χ0) is 20.4. The Balaban J connectivity index is 2.19. The summed E-state index contributed by atoms with van der Waals surface area (Å²) >= 11 is 0. The molecular weight excluding hydrogens is 352 g/mol. The second-order valence-electron chi connectivity index (χ2n) is 7.08. The molecule has 0 unspecified atom stereocenters. The van der Waals surface area contributed by atoms with E-state index in [0.717, 1.165) is 16.9 Å². The lowest BCUT2D eigenvalue weighted by atomic mass is 9.87. The number of hydrogen-bond donors (Lipinski definition) is 3. The number of rotatable bonds is 10. The molecule has 0 radical (unpaired) electrons. The predicted molar refractivity (Wildman–Crippen MR) is 113 cm³/mol. The van der Waals surface area contributed by atoms with E-state index in [-0.39, 0.29) is 5.91 Å². The first-order valence-corrected chi connectivity index (χ1v) is 9.26. The number of nitrogens with one attached hydrogen (secondary N) is 2. The molecule has 0 heterocycles. The molecule has 0 atom stereocenters. The van der Waals surface area contributed by atoms with Crippen LogP contribution in [0.2, 0.25) is 0 Å². The van der Waals surface area contributed by atoms with Gasteiger partial charge in [-0.1, -0.05) is 68.5 Å². The number of carbonyl (C=O) groups is 2. The lowest BCUT2D eigenvalue weighted by Crippen LogP contribution is -2.40. The Morgan fingerprint density at radius 1 is 1.04 bits per heavy atom. The lowest BCUT2D eigenvalue weighted by Gasteiger charge is -2.26. The third kappa shape index (κ3) is 5.96. The van der Waals surface area contributed by atoms with Gasteiger partial charge in [-0.2, -0.15) is 0 Å². The number of nitrogens with two attached hydrogens (primary N) is 1. The summed E-state index contributed by atoms with van der Waals surface area (Å²) in [6.07, 6.45) is 3.11. The summed E-state index contributed by atoms with van der Waals surface area (Å²) in [4.78, 5) is 22.8. The maximum Gasteiger partial charge on any atom is 0.226 e. The minimum absolute atomic E-state index is 0.0767. The molecule has 0 saturated carbocycles. The normalized spacial score (nSPS) is 11.6. The first-order chi connectivity index (χ1) is 13.5. The second-order valence-corrected chi connectivity index (χ2v) is 7.08. The minimum Gasteiger partial charge on any atom is -0.357 e. The number of carbonyl (C=O) groups excluding carboxylic acids is 2. The molecule has 0 aromatic heterocycles. The second kappa shape index (κ2) is 10.3. The number of hydrogen-bond acceptors (Lipinski definition) is 4. The van der Waals surface area contributed by atoms with E-state index in [9.17, 15) is 9.59 Å². The van der Waals surface area contributed by atoms with Crippen LogP contribution in [0.4, 0.5) is 5.69 Å². The van der Waals surface area contributed by atoms with Crippen molar-refractivity contribution < 1.29 is 9.59 Å². The quantitative estimate of drug-likeness (QED) is 0.256. The Hall–Kier alpha value is -3.12. The number of nitrogens with zero attached hydrogens (tertiary/aromatic N) is 1. The zero-order valence-corrected chi connectivity index (χ0v) is 16.4. The molecule has 0 spiro atoms. The van der Waals surface area contributed by atoms with Crippen molar-refractivity contribution in [1.82, 2.24) is 10.6 Å². The number of allylic oxidation sites excluding steroid dienone is 1. The number of hydrazine groups is 1. The van der Waals surface area contributed by atoms with Crippen LogP contribution in [-0.2, 0) is 9.59 Å². The highest BCUT2D eigenvalue weighted by molar-refractivity contribution is 5.83. The molecule has 0 aliphatic carbocycles. The Bertz CT molecular complexity index is 789. The molecule has 0 aliphatic rings. The van der Waals surface area contributed by atoms with E-state index >= 15 is 0 Å². The topological polar surface area (TPSA) is 87.5 Å². The average Bonchev–Trinajstić information content (AvgIpc) is 2.72. The van der Waals surface area contributed by atoms with E-state index in [1.54, 1.807) is 5.01 Å². The van der Waals surface area contributed by atoms with Crippen LogP contribution < -0.4 is 21.5 Å². The Kier molecular flexibility index (Phi) is 7.77. The van der Waals surface area contributed by atoms with Gasteiger partial charge in [0, 0.05) is 18.5 Å². The Labute approximate surface area is 166 Å². The van der Waals surface area contributed by atoms with Crippen molar-refractivity contribution >= 4 is 23.7 Å². The monoisotopic (exact) mass is 380 g/mol. The van der Waals surface area contributed by atoms with E-state index < -0.39 is 5.41 Å². The maximum absolute atomic E-state index is 12.5. The number of para-hydroxylation sites is 1. The molecule has 0 saturated heterocycles. The zero-order valence-electron chi connectivity index (χ0n) is 16.4. The van der Waals surface area contributed by atoms with Gasteiger partial charge >= 0.3 is 0 Å². The summed E-state index contributed by atoms with van der Waals surface area (Å²) in [5.41, 5.74) is 2.04. The van der Waals surface area contributed by atoms with Crippen LogP contribution in [0, 0.1) is 5.41 Å². The molecule has 0 bridgehead atoms. The van der Waals surface area contributed by atoms with Crippen molar-refractivity contribution in [3.8, 4) is 0 Å². The van der Waals surface area contributed by atoms with Crippen molar-refractivity contribution in [2.45, 2.75) is 20.3 Å². The molecule has 6 nitrogen and oxygen atoms in total. The van der Waals surface area contributed by atoms with Crippen molar-refractivity contribution in [1.29, 1.82) is 0 Å². The van der Waals surface area contributed by atoms with E-state index in [0.29, 0.717) is 25.9 Å². The van der Waals surface area contributed by atoms with Crippen LogP contribution in [0.1, 0.15) is 25.8 Å². The summed E-state index contributed by atoms with van der Waals surface area (Å²) in [6, 6.07) is 19.5. The van der Waals surface area contributed by atoms with Gasteiger partial charge in [0.2, 0.25) is 12.3 Å². The van der Waals surface area contributed by atoms with Gasteiger partial charge in [-0.3, -0.25) is 14.6 Å². The lowest BCUT2D eigenvalue weighted by molar-refractivity contribution is -0.129. The van der Waals surface area contributed by atoms with E-state index in [1.807, 2.05) is 80.6 Å². The van der Waals surface area contributed by atoms with Gasteiger partial charge in [0.15, 0.2) is 0 Å². The van der Waals surface area contributed by atoms with Gasteiger partial charge in [-0.25, -0.2) is 5.84 Å². The summed E-state index contributed by atoms with van der Waals surface area (Å²) in [6.45, 7) is 4.57. The number of amides is 2. The average molecular weight is 380 g/mol. The van der Waals surface area contributed by atoms with Crippen LogP contribution in [0.3, 0.4) is 0 Å². The molecule has 4 N–H and O–H groups in total. The highest BCUT2D eigenvalue weighted by Gasteiger charge is 2.26. The summed E-state index contributed by atoms with van der Waals surface area (Å²) in [5.74, 6) is 6.34. The molecule has 2 aromatic rings. The van der Waals surface area contributed by atoms with Crippen molar-refractivity contribution in [3.63, 3.8) is 0 Å². The highest BCUT2D eigenvalue weighted by atomic mass is 16.2. The molecule has 0 aliphatic heterocycles. The smallest absolute Gasteiger partial charge is 0.226 e. The standard InChI is InChI=1S/C22H28N4O2/c1-22(2,21(28)25-16-15-24-17-27)14-13-20(18-9-5-3-6-10-18)26(23)19-11-7-4-8-12-19/h3-13,17H,14-16,23H2,1-2H3,(H,24,27)(H,25,28)/b20-13-. The Morgan fingerprint density at radius 3 is 2.25 bits per heavy atom. The molecule has 2 rings (SSSR count). The van der Waals surface area contributed by atoms with Crippen LogP contribution in [0.5, 0.6) is 0 Å². The fourth-order valence-corrected chi connectivity index (χ4v) is 2.68. The fourth-order valence-electron chi connectivity index (χ4n) is 2.68. The third-order valence-corrected chi connectivity index (χ3v) is 4.42. The van der Waals surface area contributed by atoms with Gasteiger partial charge < -0.3 is 10.6 Å². The third-order valence-electron chi connectivity index (χ3n) is 4.42. The molecule has 6 heteroatoms. The largest absolute Gasteiger partial charge is 0.357 e. The van der Waals surface area contributed by atoms with Crippen LogP contribution in [-0.4, -0.2) is 25.4 Å². The maximum atomic E-state index is 12.5. The van der Waals surface area contributed by atoms with Gasteiger partial charge in [0.05, 0.1) is 11.4 Å².